The molecule has 1 saturated carbocycles. The molecule has 1 heterocycles. The van der Waals surface area contributed by atoms with Gasteiger partial charge in [0.05, 0.1) is 17.6 Å². The number of rotatable bonds is 2. The Morgan fingerprint density at radius 2 is 1.18 bits per heavy atom. The summed E-state index contributed by atoms with van der Waals surface area (Å²) in [6.45, 7) is 25.4. The maximum absolute atomic E-state index is 11.2. The predicted octanol–water partition coefficient (Wildman–Crippen LogP) is 4.77. The van der Waals surface area contributed by atoms with Crippen LogP contribution in [0.1, 0.15) is 48.0 Å². The van der Waals surface area contributed by atoms with E-state index >= 15 is 0 Å². The van der Waals surface area contributed by atoms with Crippen LogP contribution in [-0.4, -0.2) is 23.5 Å². The number of hydrogen-bond donors (Lipinski definition) is 0. The van der Waals surface area contributed by atoms with Crippen LogP contribution in [0.15, 0.2) is 71.9 Å². The fraction of sp³-hybridized carbons (Fsp3) is 0.304. The Labute approximate surface area is 167 Å². The molecule has 0 aromatic rings. The van der Waals surface area contributed by atoms with Crippen LogP contribution in [-0.2, 0) is 23.9 Å². The lowest BCUT2D eigenvalue weighted by atomic mass is 10.0. The Kier molecular flexibility index (Phi) is 12.7. The minimum atomic E-state index is -0.670. The molecular formula is C23H30O5. The topological polar surface area (TPSA) is 77.5 Å². The first kappa shape index (κ1) is 27.1. The van der Waals surface area contributed by atoms with Crippen LogP contribution < -0.4 is 0 Å². The molecule has 2 rings (SSSR count). The molecule has 2 aliphatic rings. The number of allylic oxidation sites excluding steroid dienone is 6. The fourth-order valence-electron chi connectivity index (χ4n) is 2.13. The van der Waals surface area contributed by atoms with Gasteiger partial charge in [0, 0.05) is 11.1 Å². The van der Waals surface area contributed by atoms with E-state index in [4.69, 9.17) is 0 Å². The van der Waals surface area contributed by atoms with Crippen LogP contribution >= 0.6 is 0 Å². The summed E-state index contributed by atoms with van der Waals surface area (Å²) >= 11 is 0. The van der Waals surface area contributed by atoms with Crippen molar-refractivity contribution < 1.29 is 23.9 Å². The largest absolute Gasteiger partial charge is 0.386 e. The summed E-state index contributed by atoms with van der Waals surface area (Å²) in [5.41, 5.74) is 2.46. The van der Waals surface area contributed by atoms with E-state index in [0.29, 0.717) is 16.7 Å². The molecule has 0 unspecified atom stereocenters. The molecule has 0 atom stereocenters. The Morgan fingerprint density at radius 3 is 1.46 bits per heavy atom. The van der Waals surface area contributed by atoms with Gasteiger partial charge >= 0.3 is 11.9 Å². The summed E-state index contributed by atoms with van der Waals surface area (Å²) < 4.78 is 4.33. The van der Waals surface area contributed by atoms with Gasteiger partial charge in [-0.1, -0.05) is 66.2 Å². The lowest BCUT2D eigenvalue weighted by Crippen LogP contribution is -1.97. The van der Waals surface area contributed by atoms with Gasteiger partial charge in [-0.25, -0.2) is 9.59 Å². The van der Waals surface area contributed by atoms with Gasteiger partial charge in [0.2, 0.25) is 0 Å². The van der Waals surface area contributed by atoms with Crippen LogP contribution in [0.4, 0.5) is 0 Å². The van der Waals surface area contributed by atoms with Crippen molar-refractivity contribution in [3.63, 3.8) is 0 Å². The number of carbonyl (C=O) groups excluding carboxylic acids is 4. The lowest BCUT2D eigenvalue weighted by molar-refractivity contribution is -0.149. The number of cyclic esters (lactones) is 2. The molecule has 0 amide bonds. The summed E-state index contributed by atoms with van der Waals surface area (Å²) in [5.74, 6) is -1.61. The average Bonchev–Trinajstić information content (AvgIpc) is 3.11. The number of ether oxygens (including phenoxy) is 1. The number of Topliss-reactive ketones (excluding diaryl/α,β-unsaturated/α-hetero) is 2. The van der Waals surface area contributed by atoms with Crippen LogP contribution in [0.5, 0.6) is 0 Å². The lowest BCUT2D eigenvalue weighted by Gasteiger charge is -1.97. The van der Waals surface area contributed by atoms with E-state index in [0.717, 1.165) is 5.57 Å². The van der Waals surface area contributed by atoms with Crippen molar-refractivity contribution in [2.75, 3.05) is 0 Å². The van der Waals surface area contributed by atoms with Crippen LogP contribution in [0.3, 0.4) is 0 Å². The average molecular weight is 386 g/mol. The number of ketones is 2. The SMILES string of the molecule is C=C/C(C)=C1\C(=C)C(=O)CC1=O.C=C/C(C)=C1\C(=C)C(=O)OC1=O.CC.CC. The number of hydrogen-bond acceptors (Lipinski definition) is 5. The summed E-state index contributed by atoms with van der Waals surface area (Å²) in [6.07, 6.45) is 3.02. The zero-order chi connectivity index (χ0) is 22.6. The second kappa shape index (κ2) is 13.1. The Morgan fingerprint density at radius 1 is 0.750 bits per heavy atom. The molecule has 0 radical (unpaired) electrons. The van der Waals surface area contributed by atoms with Crippen LogP contribution in [0.25, 0.3) is 0 Å². The highest BCUT2D eigenvalue weighted by atomic mass is 16.6. The first-order valence-electron chi connectivity index (χ1n) is 9.03. The molecule has 0 aromatic heterocycles. The highest BCUT2D eigenvalue weighted by Crippen LogP contribution is 2.26. The summed E-state index contributed by atoms with van der Waals surface area (Å²) in [6, 6.07) is 0. The summed E-state index contributed by atoms with van der Waals surface area (Å²) in [7, 11) is 0. The third-order valence-corrected chi connectivity index (χ3v) is 3.58. The van der Waals surface area contributed by atoms with Crippen LogP contribution in [0.2, 0.25) is 0 Å². The van der Waals surface area contributed by atoms with E-state index in [9.17, 15) is 19.2 Å². The van der Waals surface area contributed by atoms with Crippen LogP contribution in [0, 0.1) is 0 Å². The first-order chi connectivity index (χ1) is 13.1. The van der Waals surface area contributed by atoms with E-state index in [1.807, 2.05) is 27.7 Å². The van der Waals surface area contributed by atoms with Gasteiger partial charge in [-0.2, -0.15) is 0 Å². The molecule has 2 fully saturated rings. The zero-order valence-electron chi connectivity index (χ0n) is 17.7. The molecule has 0 bridgehead atoms. The van der Waals surface area contributed by atoms with Crippen molar-refractivity contribution >= 4 is 23.5 Å². The zero-order valence-corrected chi connectivity index (χ0v) is 17.7. The molecule has 5 nitrogen and oxygen atoms in total. The second-order valence-corrected chi connectivity index (χ2v) is 5.18. The minimum Gasteiger partial charge on any atom is -0.386 e. The summed E-state index contributed by atoms with van der Waals surface area (Å²) in [4.78, 5) is 44.0. The molecule has 28 heavy (non-hydrogen) atoms. The Bertz CT molecular complexity index is 707. The highest BCUT2D eigenvalue weighted by molar-refractivity contribution is 6.27. The predicted molar refractivity (Wildman–Crippen MR) is 113 cm³/mol. The Hall–Kier alpha value is -3.08. The van der Waals surface area contributed by atoms with Gasteiger partial charge in [0.1, 0.15) is 0 Å². The van der Waals surface area contributed by atoms with Gasteiger partial charge in [-0.3, -0.25) is 9.59 Å². The molecule has 5 heteroatoms. The van der Waals surface area contributed by atoms with E-state index in [1.54, 1.807) is 19.9 Å². The monoisotopic (exact) mass is 386 g/mol. The molecule has 0 aromatic carbocycles. The number of esters is 2. The molecule has 0 N–H and O–H groups in total. The molecule has 152 valence electrons. The normalized spacial score (nSPS) is 18.6. The number of carbonyl (C=O) groups is 4. The van der Waals surface area contributed by atoms with Crippen molar-refractivity contribution in [3.05, 3.63) is 71.9 Å². The molecule has 1 aliphatic carbocycles. The summed E-state index contributed by atoms with van der Waals surface area (Å²) in [5, 5.41) is 0. The molecule has 1 saturated heterocycles. The van der Waals surface area contributed by atoms with E-state index < -0.39 is 11.9 Å². The van der Waals surface area contributed by atoms with Crippen molar-refractivity contribution in [1.29, 1.82) is 0 Å². The first-order valence-corrected chi connectivity index (χ1v) is 9.03. The smallest absolute Gasteiger partial charge is 0.347 e. The Balaban J connectivity index is 0. The van der Waals surface area contributed by atoms with Crippen molar-refractivity contribution in [2.45, 2.75) is 48.0 Å². The minimum absolute atomic E-state index is 0.0284. The maximum atomic E-state index is 11.2. The second-order valence-electron chi connectivity index (χ2n) is 5.18. The quantitative estimate of drug-likeness (QED) is 0.388. The van der Waals surface area contributed by atoms with Crippen molar-refractivity contribution in [3.8, 4) is 0 Å². The van der Waals surface area contributed by atoms with Gasteiger partial charge in [-0.15, -0.1) is 0 Å². The third-order valence-electron chi connectivity index (χ3n) is 3.58. The van der Waals surface area contributed by atoms with E-state index in [-0.39, 0.29) is 29.1 Å². The van der Waals surface area contributed by atoms with E-state index in [1.165, 1.54) is 6.08 Å². The van der Waals surface area contributed by atoms with Gasteiger partial charge in [-0.05, 0) is 25.0 Å². The highest BCUT2D eigenvalue weighted by Gasteiger charge is 2.32. The van der Waals surface area contributed by atoms with Crippen molar-refractivity contribution in [1.82, 2.24) is 0 Å². The third kappa shape index (κ3) is 6.58. The molecule has 0 spiro atoms. The van der Waals surface area contributed by atoms with E-state index in [2.05, 4.69) is 31.1 Å². The van der Waals surface area contributed by atoms with Gasteiger partial charge in [0.15, 0.2) is 11.6 Å². The standard InChI is InChI=1S/C10H10O2.C9H8O3.2C2H6/c1-4-6(2)10-7(3)8(11)5-9(10)12;1-4-5(2)7-6(3)8(10)12-9(7)11;2*1-2/h4H,1,3,5H2,2H3;4H,1,3H2,2H3;2*1-2H3/b10-6+;7-5+;;. The van der Waals surface area contributed by atoms with Gasteiger partial charge < -0.3 is 4.74 Å². The maximum Gasteiger partial charge on any atom is 0.347 e. The fourth-order valence-corrected chi connectivity index (χ4v) is 2.13. The molecular weight excluding hydrogens is 356 g/mol. The van der Waals surface area contributed by atoms with Crippen molar-refractivity contribution in [2.24, 2.45) is 0 Å². The van der Waals surface area contributed by atoms with Gasteiger partial charge in [0.25, 0.3) is 0 Å². The molecule has 1 aliphatic heterocycles.